The van der Waals surface area contributed by atoms with E-state index in [2.05, 4.69) is 4.98 Å². The van der Waals surface area contributed by atoms with E-state index in [-0.39, 0.29) is 18.7 Å². The quantitative estimate of drug-likeness (QED) is 0.546. The molecule has 6 nitrogen and oxygen atoms in total. The number of sulfonamides is 1. The minimum atomic E-state index is -4.85. The lowest BCUT2D eigenvalue weighted by atomic mass is 10.1. The van der Waals surface area contributed by atoms with Crippen molar-refractivity contribution in [2.24, 2.45) is 0 Å². The second kappa shape index (κ2) is 9.16. The van der Waals surface area contributed by atoms with Gasteiger partial charge in [0, 0.05) is 25.3 Å². The van der Waals surface area contributed by atoms with Gasteiger partial charge in [0.15, 0.2) is 0 Å². The fraction of sp³-hybridized carbons (Fsp3) is 0.375. The van der Waals surface area contributed by atoms with Crippen molar-refractivity contribution < 1.29 is 26.3 Å². The maximum absolute atomic E-state index is 13.6. The van der Waals surface area contributed by atoms with Crippen molar-refractivity contribution in [3.05, 3.63) is 75.1 Å². The lowest BCUT2D eigenvalue weighted by Gasteiger charge is -2.26. The van der Waals surface area contributed by atoms with Gasteiger partial charge in [0.1, 0.15) is 0 Å². The van der Waals surface area contributed by atoms with Crippen LogP contribution in [-0.4, -0.2) is 37.0 Å². The molecule has 0 spiro atoms. The highest BCUT2D eigenvalue weighted by molar-refractivity contribution is 7.89. The van der Waals surface area contributed by atoms with Crippen LogP contribution in [-0.2, 0) is 27.5 Å². The van der Waals surface area contributed by atoms with Crippen LogP contribution in [0.2, 0.25) is 0 Å². The van der Waals surface area contributed by atoms with E-state index in [1.807, 2.05) is 26.0 Å². The number of rotatable bonds is 6. The Hall–Kier alpha value is -2.69. The summed E-state index contributed by atoms with van der Waals surface area (Å²) in [5.74, 6) is 0. The summed E-state index contributed by atoms with van der Waals surface area (Å²) >= 11 is 0. The molecule has 1 N–H and O–H groups in total. The number of H-pyrrole nitrogens is 1. The van der Waals surface area contributed by atoms with Gasteiger partial charge >= 0.3 is 6.18 Å². The van der Waals surface area contributed by atoms with Crippen LogP contribution >= 0.6 is 0 Å². The van der Waals surface area contributed by atoms with Crippen molar-refractivity contribution in [1.29, 1.82) is 0 Å². The highest BCUT2D eigenvalue weighted by Gasteiger charge is 2.39. The first-order chi connectivity index (χ1) is 16.0. The normalized spacial score (nSPS) is 17.1. The summed E-state index contributed by atoms with van der Waals surface area (Å²) < 4.78 is 74.4. The van der Waals surface area contributed by atoms with E-state index in [4.69, 9.17) is 4.74 Å². The molecule has 1 saturated heterocycles. The van der Waals surface area contributed by atoms with Gasteiger partial charge in [0.25, 0.3) is 5.56 Å². The van der Waals surface area contributed by atoms with Crippen molar-refractivity contribution in [3.8, 4) is 0 Å². The summed E-state index contributed by atoms with van der Waals surface area (Å²) in [7, 11) is -4.61. The molecule has 1 aromatic heterocycles. The molecule has 0 radical (unpaired) electrons. The van der Waals surface area contributed by atoms with E-state index in [1.165, 1.54) is 6.07 Å². The molecule has 2 aromatic carbocycles. The third kappa shape index (κ3) is 4.89. The number of aromatic nitrogens is 1. The van der Waals surface area contributed by atoms with Gasteiger partial charge in [-0.25, -0.2) is 8.42 Å². The van der Waals surface area contributed by atoms with E-state index in [0.717, 1.165) is 45.4 Å². The number of ether oxygens (including phenoxy) is 1. The van der Waals surface area contributed by atoms with Crippen LogP contribution in [0, 0.1) is 13.8 Å². The molecule has 1 fully saturated rings. The van der Waals surface area contributed by atoms with Gasteiger partial charge in [-0.15, -0.1) is 0 Å². The molecule has 1 aliphatic heterocycles. The number of hydrogen-bond donors (Lipinski definition) is 1. The molecule has 2 heterocycles. The number of halogens is 3. The smallest absolute Gasteiger partial charge is 0.377 e. The second-order valence-corrected chi connectivity index (χ2v) is 10.5. The molecule has 0 amide bonds. The van der Waals surface area contributed by atoms with Crippen molar-refractivity contribution in [2.75, 3.05) is 13.2 Å². The molecule has 182 valence electrons. The molecular formula is C24H25F3N2O4S. The van der Waals surface area contributed by atoms with Gasteiger partial charge in [0.2, 0.25) is 10.0 Å². The SMILES string of the molecule is Cc1cc(C)c2[nH]c(=O)c(CN(CC3CCCO3)S(=O)(=O)c3ccccc3C(F)(F)F)cc2c1. The molecule has 1 unspecified atom stereocenters. The Kier molecular flexibility index (Phi) is 6.58. The van der Waals surface area contributed by atoms with E-state index >= 15 is 0 Å². The number of hydrogen-bond acceptors (Lipinski definition) is 4. The lowest BCUT2D eigenvalue weighted by Crippen LogP contribution is -2.39. The number of fused-ring (bicyclic) bond motifs is 1. The molecule has 3 aromatic rings. The van der Waals surface area contributed by atoms with Crippen LogP contribution in [0.15, 0.2) is 52.2 Å². The Labute approximate surface area is 195 Å². The Morgan fingerprint density at radius 1 is 1.15 bits per heavy atom. The first-order valence-electron chi connectivity index (χ1n) is 10.9. The maximum Gasteiger partial charge on any atom is 0.417 e. The summed E-state index contributed by atoms with van der Waals surface area (Å²) in [5.41, 5.74) is 0.869. The number of pyridine rings is 1. The summed E-state index contributed by atoms with van der Waals surface area (Å²) in [6.45, 7) is 3.67. The highest BCUT2D eigenvalue weighted by Crippen LogP contribution is 2.35. The second-order valence-electron chi connectivity index (χ2n) is 8.60. The standard InChI is InChI=1S/C24H25F3N2O4S/c1-15-10-16(2)22-17(11-15)12-18(23(30)28-22)13-29(14-19-6-5-9-33-19)34(31,32)21-8-4-3-7-20(21)24(25,26)27/h3-4,7-8,10-12,19H,5-6,9,13-14H2,1-2H3,(H,28,30). The average Bonchev–Trinajstić information content (AvgIpc) is 3.27. The molecule has 10 heteroatoms. The number of aromatic amines is 1. The van der Waals surface area contributed by atoms with Crippen molar-refractivity contribution >= 4 is 20.9 Å². The van der Waals surface area contributed by atoms with E-state index in [9.17, 15) is 26.4 Å². The zero-order chi connectivity index (χ0) is 24.7. The first kappa shape index (κ1) is 24.4. The number of aryl methyl sites for hydroxylation is 2. The van der Waals surface area contributed by atoms with E-state index in [1.54, 1.807) is 6.07 Å². The van der Waals surface area contributed by atoms with Crippen LogP contribution in [0.25, 0.3) is 10.9 Å². The first-order valence-corrected chi connectivity index (χ1v) is 12.3. The Balaban J connectivity index is 1.80. The number of nitrogens with zero attached hydrogens (tertiary/aromatic N) is 1. The zero-order valence-corrected chi connectivity index (χ0v) is 19.6. The molecule has 1 aliphatic rings. The van der Waals surface area contributed by atoms with Gasteiger partial charge in [-0.1, -0.05) is 23.8 Å². The van der Waals surface area contributed by atoms with Crippen LogP contribution in [0.5, 0.6) is 0 Å². The number of nitrogens with one attached hydrogen (secondary N) is 1. The minimum absolute atomic E-state index is 0.142. The molecule has 0 aliphatic carbocycles. The summed E-state index contributed by atoms with van der Waals surface area (Å²) in [5, 5.41) is 0.720. The van der Waals surface area contributed by atoms with Crippen LogP contribution < -0.4 is 5.56 Å². The van der Waals surface area contributed by atoms with Gasteiger partial charge in [-0.3, -0.25) is 4.79 Å². The number of alkyl halides is 3. The third-order valence-electron chi connectivity index (χ3n) is 5.96. The van der Waals surface area contributed by atoms with Gasteiger partial charge in [-0.2, -0.15) is 17.5 Å². The van der Waals surface area contributed by atoms with Crippen LogP contribution in [0.3, 0.4) is 0 Å². The predicted molar refractivity (Wildman–Crippen MR) is 122 cm³/mol. The minimum Gasteiger partial charge on any atom is -0.377 e. The molecule has 4 rings (SSSR count). The van der Waals surface area contributed by atoms with E-state index in [0.29, 0.717) is 18.5 Å². The van der Waals surface area contributed by atoms with Crippen molar-refractivity contribution in [3.63, 3.8) is 0 Å². The fourth-order valence-electron chi connectivity index (χ4n) is 4.37. The Morgan fingerprint density at radius 3 is 2.56 bits per heavy atom. The van der Waals surface area contributed by atoms with Gasteiger partial charge in [-0.05, 0) is 61.9 Å². The van der Waals surface area contributed by atoms with Crippen LogP contribution in [0.1, 0.15) is 35.1 Å². The Bertz CT molecular complexity index is 1380. The molecule has 1 atom stereocenters. The summed E-state index contributed by atoms with van der Waals surface area (Å²) in [6, 6.07) is 9.46. The molecular weight excluding hydrogens is 469 g/mol. The third-order valence-corrected chi connectivity index (χ3v) is 7.83. The van der Waals surface area contributed by atoms with E-state index < -0.39 is 38.3 Å². The monoisotopic (exact) mass is 494 g/mol. The van der Waals surface area contributed by atoms with Crippen molar-refractivity contribution in [2.45, 2.75) is 50.4 Å². The molecule has 34 heavy (non-hydrogen) atoms. The fourth-order valence-corrected chi connectivity index (χ4v) is 6.03. The largest absolute Gasteiger partial charge is 0.417 e. The average molecular weight is 495 g/mol. The summed E-state index contributed by atoms with van der Waals surface area (Å²) in [4.78, 5) is 14.8. The Morgan fingerprint density at radius 2 is 1.88 bits per heavy atom. The molecule has 0 bridgehead atoms. The van der Waals surface area contributed by atoms with Gasteiger partial charge < -0.3 is 9.72 Å². The number of benzene rings is 2. The van der Waals surface area contributed by atoms with Crippen LogP contribution in [0.4, 0.5) is 13.2 Å². The highest BCUT2D eigenvalue weighted by atomic mass is 32.2. The lowest BCUT2D eigenvalue weighted by molar-refractivity contribution is -0.139. The van der Waals surface area contributed by atoms with Gasteiger partial charge in [0.05, 0.1) is 22.1 Å². The predicted octanol–water partition coefficient (Wildman–Crippen LogP) is 4.53. The summed E-state index contributed by atoms with van der Waals surface area (Å²) in [6.07, 6.45) is -4.00. The zero-order valence-electron chi connectivity index (χ0n) is 18.8. The topological polar surface area (TPSA) is 79.5 Å². The van der Waals surface area contributed by atoms with Crippen molar-refractivity contribution in [1.82, 2.24) is 9.29 Å². The molecule has 0 saturated carbocycles. The maximum atomic E-state index is 13.6.